The lowest BCUT2D eigenvalue weighted by atomic mass is 10.0. The van der Waals surface area contributed by atoms with Gasteiger partial charge in [-0.2, -0.15) is 0 Å². The van der Waals surface area contributed by atoms with Crippen molar-refractivity contribution in [3.8, 4) is 28.1 Å². The predicted molar refractivity (Wildman–Crippen MR) is 111 cm³/mol. The maximum absolute atomic E-state index is 12.6. The molecule has 0 spiro atoms. The zero-order chi connectivity index (χ0) is 20.2. The number of hydrogen-bond acceptors (Lipinski definition) is 5. The van der Waals surface area contributed by atoms with Crippen molar-refractivity contribution in [2.75, 3.05) is 5.32 Å². The number of benzene rings is 2. The Kier molecular flexibility index (Phi) is 5.27. The number of amides is 1. The molecule has 0 bridgehead atoms. The summed E-state index contributed by atoms with van der Waals surface area (Å²) in [5.74, 6) is 0.130. The van der Waals surface area contributed by atoms with Crippen LogP contribution in [0.15, 0.2) is 77.6 Å². The normalized spacial score (nSPS) is 10.7. The van der Waals surface area contributed by atoms with Gasteiger partial charge in [-0.1, -0.05) is 41.0 Å². The number of aromatic hydroxyl groups is 1. The molecule has 6 nitrogen and oxygen atoms in total. The molecule has 2 aromatic heterocycles. The van der Waals surface area contributed by atoms with Crippen LogP contribution in [-0.2, 0) is 11.2 Å². The molecule has 1 amide bonds. The van der Waals surface area contributed by atoms with Gasteiger partial charge >= 0.3 is 0 Å². The number of phenolic OH excluding ortho intramolecular Hbond substituents is 1. The molecule has 4 rings (SSSR count). The van der Waals surface area contributed by atoms with E-state index in [0.29, 0.717) is 16.3 Å². The van der Waals surface area contributed by atoms with E-state index >= 15 is 0 Å². The molecular weight excluding hydrogens is 390 g/mol. The van der Waals surface area contributed by atoms with Gasteiger partial charge in [0.15, 0.2) is 0 Å². The third-order valence-electron chi connectivity index (χ3n) is 4.31. The first-order valence-electron chi connectivity index (χ1n) is 8.84. The fraction of sp³-hybridized carbons (Fsp3) is 0.0455. The van der Waals surface area contributed by atoms with E-state index in [-0.39, 0.29) is 24.0 Å². The van der Waals surface area contributed by atoms with E-state index in [9.17, 15) is 9.90 Å². The molecule has 2 N–H and O–H groups in total. The van der Waals surface area contributed by atoms with Crippen LogP contribution in [-0.4, -0.2) is 21.2 Å². The molecule has 4 aromatic rings. The Balaban J connectivity index is 1.68. The fourth-order valence-electron chi connectivity index (χ4n) is 2.96. The van der Waals surface area contributed by atoms with Crippen LogP contribution in [0.2, 0.25) is 5.02 Å². The summed E-state index contributed by atoms with van der Waals surface area (Å²) in [5.41, 5.74) is 3.55. The molecule has 2 aromatic carbocycles. The first kappa shape index (κ1) is 18.7. The standard InChI is InChI=1S/C22H16ClN3O3/c23-17-3-1-2-16(13-17)21-20(15-8-10-24-11-9-15)22(29-26-21)25-19(28)12-14-4-6-18(27)7-5-14/h1-11,13,27H,12H2,(H,25,28). The number of aromatic nitrogens is 2. The highest BCUT2D eigenvalue weighted by Gasteiger charge is 2.21. The molecule has 144 valence electrons. The van der Waals surface area contributed by atoms with Gasteiger partial charge in [-0.3, -0.25) is 15.1 Å². The molecule has 0 aliphatic heterocycles. The number of anilines is 1. The lowest BCUT2D eigenvalue weighted by molar-refractivity contribution is -0.115. The second kappa shape index (κ2) is 8.16. The summed E-state index contributed by atoms with van der Waals surface area (Å²) < 4.78 is 5.49. The molecule has 29 heavy (non-hydrogen) atoms. The Morgan fingerprint density at radius 2 is 1.79 bits per heavy atom. The lowest BCUT2D eigenvalue weighted by Crippen LogP contribution is -2.14. The molecule has 7 heteroatoms. The van der Waals surface area contributed by atoms with Crippen LogP contribution in [0.4, 0.5) is 5.88 Å². The van der Waals surface area contributed by atoms with Gasteiger partial charge in [-0.05, 0) is 47.5 Å². The largest absolute Gasteiger partial charge is 0.508 e. The minimum Gasteiger partial charge on any atom is -0.508 e. The van der Waals surface area contributed by atoms with Crippen molar-refractivity contribution in [3.63, 3.8) is 0 Å². The van der Waals surface area contributed by atoms with Crippen molar-refractivity contribution < 1.29 is 14.4 Å². The Morgan fingerprint density at radius 1 is 1.03 bits per heavy atom. The summed E-state index contributed by atoms with van der Waals surface area (Å²) in [6.07, 6.45) is 3.45. The topological polar surface area (TPSA) is 88.2 Å². The van der Waals surface area contributed by atoms with Crippen molar-refractivity contribution >= 4 is 23.4 Å². The van der Waals surface area contributed by atoms with Gasteiger partial charge in [0, 0.05) is 23.0 Å². The molecule has 0 unspecified atom stereocenters. The SMILES string of the molecule is O=C(Cc1ccc(O)cc1)Nc1onc(-c2cccc(Cl)c2)c1-c1ccncc1. The van der Waals surface area contributed by atoms with Gasteiger partial charge in [0.05, 0.1) is 12.0 Å². The number of phenols is 1. The minimum atomic E-state index is -0.264. The lowest BCUT2D eigenvalue weighted by Gasteiger charge is -2.07. The highest BCUT2D eigenvalue weighted by Crippen LogP contribution is 2.38. The zero-order valence-electron chi connectivity index (χ0n) is 15.2. The van der Waals surface area contributed by atoms with Crippen LogP contribution in [0.5, 0.6) is 5.75 Å². The molecule has 0 saturated carbocycles. The van der Waals surface area contributed by atoms with E-state index < -0.39 is 0 Å². The molecule has 0 saturated heterocycles. The highest BCUT2D eigenvalue weighted by molar-refractivity contribution is 6.30. The van der Waals surface area contributed by atoms with Crippen LogP contribution in [0.25, 0.3) is 22.4 Å². The summed E-state index contributed by atoms with van der Waals surface area (Å²) in [7, 11) is 0. The van der Waals surface area contributed by atoms with Gasteiger partial charge in [-0.15, -0.1) is 0 Å². The van der Waals surface area contributed by atoms with Gasteiger partial charge in [-0.25, -0.2) is 0 Å². The fourth-order valence-corrected chi connectivity index (χ4v) is 3.15. The molecule has 0 atom stereocenters. The van der Waals surface area contributed by atoms with E-state index in [1.54, 1.807) is 36.7 Å². The number of nitrogens with one attached hydrogen (secondary N) is 1. The number of carbonyl (C=O) groups is 1. The van der Waals surface area contributed by atoms with Gasteiger partial charge in [0.1, 0.15) is 11.4 Å². The Labute approximate surface area is 171 Å². The van der Waals surface area contributed by atoms with Crippen molar-refractivity contribution in [1.29, 1.82) is 0 Å². The predicted octanol–water partition coefficient (Wildman–Crippen LogP) is 4.94. The van der Waals surface area contributed by atoms with Crippen molar-refractivity contribution in [1.82, 2.24) is 10.1 Å². The summed E-state index contributed by atoms with van der Waals surface area (Å²) >= 11 is 6.13. The van der Waals surface area contributed by atoms with E-state index in [1.807, 2.05) is 24.3 Å². The summed E-state index contributed by atoms with van der Waals surface area (Å²) in [4.78, 5) is 16.6. The highest BCUT2D eigenvalue weighted by atomic mass is 35.5. The number of halogens is 1. The molecule has 2 heterocycles. The Hall–Kier alpha value is -3.64. The number of rotatable bonds is 5. The van der Waals surface area contributed by atoms with E-state index in [0.717, 1.165) is 16.7 Å². The third kappa shape index (κ3) is 4.28. The maximum Gasteiger partial charge on any atom is 0.239 e. The smallest absolute Gasteiger partial charge is 0.239 e. The van der Waals surface area contributed by atoms with E-state index in [1.165, 1.54) is 12.1 Å². The van der Waals surface area contributed by atoms with Gasteiger partial charge in [0.2, 0.25) is 11.8 Å². The molecule has 0 aliphatic rings. The Bertz CT molecular complexity index is 1140. The average Bonchev–Trinajstić information content (AvgIpc) is 3.14. The first-order valence-corrected chi connectivity index (χ1v) is 9.22. The van der Waals surface area contributed by atoms with Crippen molar-refractivity contribution in [2.45, 2.75) is 6.42 Å². The Morgan fingerprint density at radius 3 is 2.52 bits per heavy atom. The van der Waals surface area contributed by atoms with Crippen LogP contribution in [0.3, 0.4) is 0 Å². The number of nitrogens with zero attached hydrogens (tertiary/aromatic N) is 2. The molecule has 0 aliphatic carbocycles. The quantitative estimate of drug-likeness (QED) is 0.490. The molecule has 0 radical (unpaired) electrons. The molecular formula is C22H16ClN3O3. The van der Waals surface area contributed by atoms with Gasteiger partial charge in [0.25, 0.3) is 0 Å². The second-order valence-electron chi connectivity index (χ2n) is 6.37. The van der Waals surface area contributed by atoms with Crippen LogP contribution >= 0.6 is 11.6 Å². The number of pyridine rings is 1. The average molecular weight is 406 g/mol. The molecule has 0 fully saturated rings. The van der Waals surface area contributed by atoms with Crippen molar-refractivity contribution in [3.05, 3.63) is 83.6 Å². The summed E-state index contributed by atoms with van der Waals surface area (Å²) in [6.45, 7) is 0. The maximum atomic E-state index is 12.6. The monoisotopic (exact) mass is 405 g/mol. The minimum absolute atomic E-state index is 0.128. The van der Waals surface area contributed by atoms with Crippen molar-refractivity contribution in [2.24, 2.45) is 0 Å². The van der Waals surface area contributed by atoms with Gasteiger partial charge < -0.3 is 9.63 Å². The van der Waals surface area contributed by atoms with E-state index in [2.05, 4.69) is 15.5 Å². The third-order valence-corrected chi connectivity index (χ3v) is 4.55. The van der Waals surface area contributed by atoms with Crippen LogP contribution < -0.4 is 5.32 Å². The van der Waals surface area contributed by atoms with Crippen LogP contribution in [0, 0.1) is 0 Å². The zero-order valence-corrected chi connectivity index (χ0v) is 15.9. The first-order chi connectivity index (χ1) is 14.1. The summed E-state index contributed by atoms with van der Waals surface area (Å²) in [6, 6.07) is 17.3. The van der Waals surface area contributed by atoms with Crippen LogP contribution in [0.1, 0.15) is 5.56 Å². The second-order valence-corrected chi connectivity index (χ2v) is 6.81. The number of carbonyl (C=O) groups excluding carboxylic acids is 1. The number of hydrogen-bond donors (Lipinski definition) is 2. The summed E-state index contributed by atoms with van der Waals surface area (Å²) in [5, 5.41) is 16.9. The van der Waals surface area contributed by atoms with E-state index in [4.69, 9.17) is 16.1 Å².